The largest absolute Gasteiger partial charge is 0.388 e. The van der Waals surface area contributed by atoms with Crippen LogP contribution in [0.3, 0.4) is 0 Å². The second kappa shape index (κ2) is 5.87. The van der Waals surface area contributed by atoms with Crippen LogP contribution in [0.1, 0.15) is 24.4 Å². The van der Waals surface area contributed by atoms with Crippen LogP contribution in [-0.4, -0.2) is 14.7 Å². The van der Waals surface area contributed by atoms with Crippen molar-refractivity contribution in [2.24, 2.45) is 0 Å². The van der Waals surface area contributed by atoms with E-state index in [0.717, 1.165) is 22.4 Å². The molecule has 3 nitrogen and oxygen atoms in total. The summed E-state index contributed by atoms with van der Waals surface area (Å²) in [6.07, 6.45) is 3.56. The maximum Gasteiger partial charge on any atom is 0.111 e. The van der Waals surface area contributed by atoms with Gasteiger partial charge in [-0.2, -0.15) is 0 Å². The molecule has 0 saturated heterocycles. The Morgan fingerprint density at radius 2 is 2.28 bits per heavy atom. The summed E-state index contributed by atoms with van der Waals surface area (Å²) in [4.78, 5) is 4.26. The zero-order valence-corrected chi connectivity index (χ0v) is 12.3. The SMILES string of the molecule is CCn1ccnc1CC(O)c1ccc(Cl)cc1Br. The van der Waals surface area contributed by atoms with Crippen molar-refractivity contribution in [3.8, 4) is 0 Å². The van der Waals surface area contributed by atoms with Gasteiger partial charge in [0, 0.05) is 34.9 Å². The van der Waals surface area contributed by atoms with Crippen LogP contribution < -0.4 is 0 Å². The lowest BCUT2D eigenvalue weighted by atomic mass is 10.1. The number of rotatable bonds is 4. The van der Waals surface area contributed by atoms with Crippen molar-refractivity contribution in [1.29, 1.82) is 0 Å². The minimum absolute atomic E-state index is 0.487. The Balaban J connectivity index is 2.19. The number of hydrogen-bond donors (Lipinski definition) is 1. The van der Waals surface area contributed by atoms with Crippen LogP contribution in [0.4, 0.5) is 0 Å². The van der Waals surface area contributed by atoms with Gasteiger partial charge in [-0.1, -0.05) is 33.6 Å². The number of aliphatic hydroxyl groups excluding tert-OH is 1. The first kappa shape index (κ1) is 13.6. The maximum atomic E-state index is 10.3. The molecule has 5 heteroatoms. The standard InChI is InChI=1S/C13H14BrClN2O/c1-2-17-6-5-16-13(17)8-12(18)10-4-3-9(15)7-11(10)14/h3-7,12,18H,2,8H2,1H3. The van der Waals surface area contributed by atoms with Crippen molar-refractivity contribution in [2.45, 2.75) is 26.0 Å². The summed E-state index contributed by atoms with van der Waals surface area (Å²) in [7, 11) is 0. The van der Waals surface area contributed by atoms with E-state index in [0.29, 0.717) is 11.4 Å². The molecular weight excluding hydrogens is 316 g/mol. The summed E-state index contributed by atoms with van der Waals surface area (Å²) >= 11 is 9.30. The molecule has 2 aromatic rings. The first-order valence-corrected chi connectivity index (χ1v) is 6.92. The smallest absolute Gasteiger partial charge is 0.111 e. The van der Waals surface area contributed by atoms with Crippen molar-refractivity contribution < 1.29 is 5.11 Å². The third-order valence-corrected chi connectivity index (χ3v) is 3.76. The Morgan fingerprint density at radius 3 is 2.94 bits per heavy atom. The topological polar surface area (TPSA) is 38.0 Å². The van der Waals surface area contributed by atoms with Crippen molar-refractivity contribution in [1.82, 2.24) is 9.55 Å². The molecule has 0 spiro atoms. The molecule has 1 aromatic carbocycles. The molecule has 0 amide bonds. The van der Waals surface area contributed by atoms with Gasteiger partial charge in [0.2, 0.25) is 0 Å². The highest BCUT2D eigenvalue weighted by molar-refractivity contribution is 9.10. The van der Waals surface area contributed by atoms with Gasteiger partial charge in [-0.05, 0) is 24.6 Å². The molecule has 2 rings (SSSR count). The van der Waals surface area contributed by atoms with Crippen LogP contribution in [0.5, 0.6) is 0 Å². The number of halogens is 2. The summed E-state index contributed by atoms with van der Waals surface area (Å²) in [5, 5.41) is 10.9. The first-order chi connectivity index (χ1) is 8.61. The monoisotopic (exact) mass is 328 g/mol. The van der Waals surface area contributed by atoms with Crippen LogP contribution in [0.25, 0.3) is 0 Å². The van der Waals surface area contributed by atoms with E-state index in [1.54, 1.807) is 18.3 Å². The van der Waals surface area contributed by atoms with Gasteiger partial charge in [0.1, 0.15) is 5.82 Å². The summed E-state index contributed by atoms with van der Waals surface area (Å²) < 4.78 is 2.84. The number of aryl methyl sites for hydroxylation is 1. The van der Waals surface area contributed by atoms with Gasteiger partial charge >= 0.3 is 0 Å². The molecule has 96 valence electrons. The summed E-state index contributed by atoms with van der Waals surface area (Å²) in [6.45, 7) is 2.90. The molecule has 0 saturated carbocycles. The quantitative estimate of drug-likeness (QED) is 0.931. The summed E-state index contributed by atoms with van der Waals surface area (Å²) in [6, 6.07) is 5.39. The fourth-order valence-corrected chi connectivity index (χ4v) is 2.82. The highest BCUT2D eigenvalue weighted by Crippen LogP contribution is 2.28. The third kappa shape index (κ3) is 2.94. The summed E-state index contributed by atoms with van der Waals surface area (Å²) in [5.74, 6) is 0.881. The molecular formula is C13H14BrClN2O. The molecule has 0 aliphatic carbocycles. The number of nitrogens with zero attached hydrogens (tertiary/aromatic N) is 2. The van der Waals surface area contributed by atoms with Gasteiger partial charge in [-0.15, -0.1) is 0 Å². The third-order valence-electron chi connectivity index (χ3n) is 2.84. The van der Waals surface area contributed by atoms with Gasteiger partial charge in [0.25, 0.3) is 0 Å². The Labute approximate surface area is 120 Å². The van der Waals surface area contributed by atoms with Crippen molar-refractivity contribution in [3.63, 3.8) is 0 Å². The maximum absolute atomic E-state index is 10.3. The predicted octanol–water partition coefficient (Wildman–Crippen LogP) is 3.60. The highest BCUT2D eigenvalue weighted by atomic mass is 79.9. The fraction of sp³-hybridized carbons (Fsp3) is 0.308. The van der Waals surface area contributed by atoms with E-state index in [-0.39, 0.29) is 0 Å². The van der Waals surface area contributed by atoms with Gasteiger partial charge in [0.15, 0.2) is 0 Å². The molecule has 0 aliphatic rings. The van der Waals surface area contributed by atoms with Crippen LogP contribution >= 0.6 is 27.5 Å². The van der Waals surface area contributed by atoms with E-state index in [2.05, 4.69) is 27.8 Å². The predicted molar refractivity (Wildman–Crippen MR) is 75.7 cm³/mol. The Hall–Kier alpha value is -0.840. The van der Waals surface area contributed by atoms with Crippen LogP contribution in [0.2, 0.25) is 5.02 Å². The minimum Gasteiger partial charge on any atom is -0.388 e. The van der Waals surface area contributed by atoms with E-state index in [1.807, 2.05) is 16.8 Å². The lowest BCUT2D eigenvalue weighted by Gasteiger charge is -2.13. The number of imidazole rings is 1. The molecule has 0 bridgehead atoms. The van der Waals surface area contributed by atoms with Crippen LogP contribution in [-0.2, 0) is 13.0 Å². The van der Waals surface area contributed by atoms with E-state index < -0.39 is 6.10 Å². The number of benzene rings is 1. The Bertz CT molecular complexity index is 542. The van der Waals surface area contributed by atoms with Crippen molar-refractivity contribution in [2.75, 3.05) is 0 Å². The van der Waals surface area contributed by atoms with Gasteiger partial charge in [0.05, 0.1) is 6.10 Å². The number of hydrogen-bond acceptors (Lipinski definition) is 2. The molecule has 1 atom stereocenters. The van der Waals surface area contributed by atoms with Crippen LogP contribution in [0.15, 0.2) is 35.1 Å². The summed E-state index contributed by atoms with van der Waals surface area (Å²) in [5.41, 5.74) is 0.824. The van der Waals surface area contributed by atoms with E-state index in [9.17, 15) is 5.11 Å². The lowest BCUT2D eigenvalue weighted by molar-refractivity contribution is 0.174. The molecule has 1 N–H and O–H groups in total. The lowest BCUT2D eigenvalue weighted by Crippen LogP contribution is -2.08. The normalized spacial score (nSPS) is 12.7. The van der Waals surface area contributed by atoms with Gasteiger partial charge < -0.3 is 9.67 Å². The Kier molecular flexibility index (Phi) is 4.43. The first-order valence-electron chi connectivity index (χ1n) is 5.74. The molecule has 1 unspecified atom stereocenters. The molecule has 0 radical (unpaired) electrons. The average molecular weight is 330 g/mol. The molecule has 0 aliphatic heterocycles. The number of aliphatic hydroxyl groups is 1. The molecule has 1 aromatic heterocycles. The fourth-order valence-electron chi connectivity index (χ4n) is 1.87. The van der Waals surface area contributed by atoms with Crippen molar-refractivity contribution in [3.05, 3.63) is 51.5 Å². The van der Waals surface area contributed by atoms with Gasteiger partial charge in [-0.3, -0.25) is 0 Å². The van der Waals surface area contributed by atoms with Gasteiger partial charge in [-0.25, -0.2) is 4.98 Å². The Morgan fingerprint density at radius 1 is 1.50 bits per heavy atom. The second-order valence-corrected chi connectivity index (χ2v) is 5.31. The van der Waals surface area contributed by atoms with Crippen LogP contribution in [0, 0.1) is 0 Å². The second-order valence-electron chi connectivity index (χ2n) is 4.02. The zero-order valence-electron chi connectivity index (χ0n) is 9.98. The number of aromatic nitrogens is 2. The van der Waals surface area contributed by atoms with E-state index in [4.69, 9.17) is 11.6 Å². The minimum atomic E-state index is -0.593. The zero-order chi connectivity index (χ0) is 13.1. The van der Waals surface area contributed by atoms with Crippen molar-refractivity contribution >= 4 is 27.5 Å². The van der Waals surface area contributed by atoms with E-state index >= 15 is 0 Å². The molecule has 0 fully saturated rings. The van der Waals surface area contributed by atoms with E-state index in [1.165, 1.54) is 0 Å². The molecule has 1 heterocycles. The average Bonchev–Trinajstić information content (AvgIpc) is 2.76. The molecule has 18 heavy (non-hydrogen) atoms. The highest BCUT2D eigenvalue weighted by Gasteiger charge is 2.15.